The van der Waals surface area contributed by atoms with Crippen LogP contribution in [-0.2, 0) is 23.1 Å². The van der Waals surface area contributed by atoms with Gasteiger partial charge in [-0.05, 0) is 47.6 Å². The normalized spacial score (nSPS) is 14.5. The molecule has 0 amide bonds. The van der Waals surface area contributed by atoms with E-state index in [4.69, 9.17) is 4.74 Å². The van der Waals surface area contributed by atoms with E-state index in [0.717, 1.165) is 47.0 Å². The minimum absolute atomic E-state index is 0.0367. The molecule has 1 aliphatic rings. The molecule has 1 aliphatic carbocycles. The number of ether oxygens (including phenoxy) is 1. The van der Waals surface area contributed by atoms with Gasteiger partial charge in [-0.1, -0.05) is 39.0 Å². The first-order chi connectivity index (χ1) is 15.1. The molecule has 1 N–H and O–H groups in total. The van der Waals surface area contributed by atoms with Gasteiger partial charge in [-0.3, -0.25) is 0 Å². The Balaban J connectivity index is 1.81. The first kappa shape index (κ1) is 22.4. The number of nitrogens with zero attached hydrogens (tertiary/aromatic N) is 2. The average Bonchev–Trinajstić information content (AvgIpc) is 3.56. The minimum Gasteiger partial charge on any atom is -0.496 e. The molecule has 6 nitrogen and oxygen atoms in total. The smallest absolute Gasteiger partial charge is 0.214 e. The molecular formula is C25H29N3O3S. The Bertz CT molecular complexity index is 1310. The van der Waals surface area contributed by atoms with Crippen LogP contribution in [0.4, 0.5) is 0 Å². The SMILES string of the molecule is COc1cccc(C#N)c1-c1ccc2c(CNS(=O)(=O)C3CC3)cn(CC(C)(C)C)c2c1. The number of hydrogen-bond donors (Lipinski definition) is 1. The van der Waals surface area contributed by atoms with E-state index < -0.39 is 10.0 Å². The highest BCUT2D eigenvalue weighted by molar-refractivity contribution is 7.90. The Kier molecular flexibility index (Phi) is 5.78. The number of nitrogens with one attached hydrogen (secondary N) is 1. The van der Waals surface area contributed by atoms with Crippen molar-refractivity contribution in [3.8, 4) is 22.9 Å². The van der Waals surface area contributed by atoms with Gasteiger partial charge >= 0.3 is 0 Å². The van der Waals surface area contributed by atoms with Crippen molar-refractivity contribution in [2.24, 2.45) is 5.41 Å². The second-order valence-corrected chi connectivity index (χ2v) is 11.7. The number of nitriles is 1. The number of hydrogen-bond acceptors (Lipinski definition) is 4. The Morgan fingerprint density at radius 3 is 2.59 bits per heavy atom. The van der Waals surface area contributed by atoms with Crippen molar-refractivity contribution in [3.63, 3.8) is 0 Å². The number of aromatic nitrogens is 1. The maximum atomic E-state index is 12.4. The summed E-state index contributed by atoms with van der Waals surface area (Å²) in [5.74, 6) is 0.648. The summed E-state index contributed by atoms with van der Waals surface area (Å²) in [6.07, 6.45) is 3.53. The average molecular weight is 452 g/mol. The molecule has 0 spiro atoms. The van der Waals surface area contributed by atoms with Gasteiger partial charge in [-0.15, -0.1) is 0 Å². The van der Waals surface area contributed by atoms with Crippen LogP contribution in [0.2, 0.25) is 0 Å². The van der Waals surface area contributed by atoms with Crippen LogP contribution in [0.25, 0.3) is 22.0 Å². The van der Waals surface area contributed by atoms with E-state index in [1.165, 1.54) is 0 Å². The zero-order valence-corrected chi connectivity index (χ0v) is 19.8. The maximum absolute atomic E-state index is 12.4. The van der Waals surface area contributed by atoms with Crippen molar-refractivity contribution in [3.05, 3.63) is 53.7 Å². The molecule has 0 aliphatic heterocycles. The summed E-state index contributed by atoms with van der Waals surface area (Å²) in [7, 11) is -1.66. The minimum atomic E-state index is -3.26. The van der Waals surface area contributed by atoms with E-state index in [0.29, 0.717) is 11.3 Å². The third-order valence-electron chi connectivity index (χ3n) is 5.69. The van der Waals surface area contributed by atoms with Gasteiger partial charge in [-0.2, -0.15) is 5.26 Å². The fourth-order valence-corrected chi connectivity index (χ4v) is 5.42. The lowest BCUT2D eigenvalue weighted by atomic mass is 9.96. The predicted octanol–water partition coefficient (Wildman–Crippen LogP) is 4.82. The molecule has 1 fully saturated rings. The van der Waals surface area contributed by atoms with Crippen molar-refractivity contribution in [1.82, 2.24) is 9.29 Å². The molecule has 2 aromatic carbocycles. The molecule has 32 heavy (non-hydrogen) atoms. The molecule has 4 rings (SSSR count). The Morgan fingerprint density at radius 2 is 1.97 bits per heavy atom. The van der Waals surface area contributed by atoms with Gasteiger partial charge in [0.1, 0.15) is 5.75 Å². The summed E-state index contributed by atoms with van der Waals surface area (Å²) >= 11 is 0. The fourth-order valence-electron chi connectivity index (χ4n) is 4.07. The third kappa shape index (κ3) is 4.52. The highest BCUT2D eigenvalue weighted by atomic mass is 32.2. The van der Waals surface area contributed by atoms with Gasteiger partial charge in [0.25, 0.3) is 0 Å². The Labute approximate surface area is 189 Å². The zero-order chi connectivity index (χ0) is 23.1. The van der Waals surface area contributed by atoms with Gasteiger partial charge in [0.2, 0.25) is 10.0 Å². The summed E-state index contributed by atoms with van der Waals surface area (Å²) in [6.45, 7) is 7.56. The van der Waals surface area contributed by atoms with Crippen LogP contribution in [0, 0.1) is 16.7 Å². The molecule has 0 unspecified atom stereocenters. The van der Waals surface area contributed by atoms with Gasteiger partial charge < -0.3 is 9.30 Å². The lowest BCUT2D eigenvalue weighted by molar-refractivity contribution is 0.349. The number of benzene rings is 2. The summed E-state index contributed by atoms with van der Waals surface area (Å²) in [5.41, 5.74) is 4.20. The van der Waals surface area contributed by atoms with E-state index in [2.05, 4.69) is 42.2 Å². The summed E-state index contributed by atoms with van der Waals surface area (Å²) in [5, 5.41) is 10.4. The quantitative estimate of drug-likeness (QED) is 0.558. The van der Waals surface area contributed by atoms with Crippen LogP contribution in [0.5, 0.6) is 5.75 Å². The largest absolute Gasteiger partial charge is 0.496 e. The zero-order valence-electron chi connectivity index (χ0n) is 19.0. The van der Waals surface area contributed by atoms with E-state index in [9.17, 15) is 13.7 Å². The van der Waals surface area contributed by atoms with Crippen molar-refractivity contribution in [2.75, 3.05) is 7.11 Å². The lowest BCUT2D eigenvalue weighted by Gasteiger charge is -2.20. The van der Waals surface area contributed by atoms with Crippen LogP contribution in [0.15, 0.2) is 42.6 Å². The molecule has 0 radical (unpaired) electrons. The van der Waals surface area contributed by atoms with Crippen LogP contribution in [0.3, 0.4) is 0 Å². The van der Waals surface area contributed by atoms with Crippen molar-refractivity contribution < 1.29 is 13.2 Å². The molecule has 1 aromatic heterocycles. The van der Waals surface area contributed by atoms with Gasteiger partial charge in [-0.25, -0.2) is 13.1 Å². The van der Waals surface area contributed by atoms with Gasteiger partial charge in [0, 0.05) is 35.8 Å². The second kappa shape index (κ2) is 8.27. The van der Waals surface area contributed by atoms with E-state index in [-0.39, 0.29) is 17.2 Å². The Morgan fingerprint density at radius 1 is 1.22 bits per heavy atom. The van der Waals surface area contributed by atoms with Crippen molar-refractivity contribution >= 4 is 20.9 Å². The lowest BCUT2D eigenvalue weighted by Crippen LogP contribution is -2.26. The molecule has 1 heterocycles. The number of rotatable bonds is 7. The molecule has 3 aromatic rings. The number of sulfonamides is 1. The van der Waals surface area contributed by atoms with Crippen LogP contribution in [-0.4, -0.2) is 25.3 Å². The van der Waals surface area contributed by atoms with Gasteiger partial charge in [0.05, 0.1) is 24.0 Å². The van der Waals surface area contributed by atoms with Crippen molar-refractivity contribution in [2.45, 2.75) is 52.0 Å². The first-order valence-electron chi connectivity index (χ1n) is 10.8. The topological polar surface area (TPSA) is 84.1 Å². The first-order valence-corrected chi connectivity index (χ1v) is 12.4. The molecule has 168 valence electrons. The second-order valence-electron chi connectivity index (χ2n) is 9.63. The van der Waals surface area contributed by atoms with E-state index in [1.54, 1.807) is 13.2 Å². The molecule has 0 saturated heterocycles. The van der Waals surface area contributed by atoms with E-state index in [1.807, 2.05) is 30.5 Å². The maximum Gasteiger partial charge on any atom is 0.214 e. The fraction of sp³-hybridized carbons (Fsp3) is 0.400. The van der Waals surface area contributed by atoms with E-state index >= 15 is 0 Å². The molecule has 1 saturated carbocycles. The standard InChI is InChI=1S/C25H29N3O3S/c1-25(2,3)16-28-15-19(14-27-32(29,30)20-9-10-20)21-11-8-17(12-22(21)28)24-18(13-26)6-5-7-23(24)31-4/h5-8,11-12,15,20,27H,9-10,14,16H2,1-4H3. The summed E-state index contributed by atoms with van der Waals surface area (Å²) in [6, 6.07) is 13.8. The van der Waals surface area contributed by atoms with Crippen LogP contribution in [0.1, 0.15) is 44.7 Å². The molecule has 0 bridgehead atoms. The number of fused-ring (bicyclic) bond motifs is 1. The molecular weight excluding hydrogens is 422 g/mol. The molecule has 7 heteroatoms. The summed E-state index contributed by atoms with van der Waals surface area (Å²) in [4.78, 5) is 0. The molecule has 0 atom stereocenters. The van der Waals surface area contributed by atoms with Crippen LogP contribution >= 0.6 is 0 Å². The van der Waals surface area contributed by atoms with Crippen LogP contribution < -0.4 is 9.46 Å². The predicted molar refractivity (Wildman–Crippen MR) is 127 cm³/mol. The number of methoxy groups -OCH3 is 1. The highest BCUT2D eigenvalue weighted by Crippen LogP contribution is 2.36. The highest BCUT2D eigenvalue weighted by Gasteiger charge is 2.35. The third-order valence-corrected chi connectivity index (χ3v) is 7.59. The van der Waals surface area contributed by atoms with Crippen molar-refractivity contribution in [1.29, 1.82) is 5.26 Å². The monoisotopic (exact) mass is 451 g/mol. The summed E-state index contributed by atoms with van der Waals surface area (Å²) < 4.78 is 35.2. The Hall–Kier alpha value is -2.82. The van der Waals surface area contributed by atoms with Gasteiger partial charge in [0.15, 0.2) is 0 Å².